The molecule has 2 N–H and O–H groups in total. The van der Waals surface area contributed by atoms with Crippen molar-refractivity contribution in [1.29, 1.82) is 0 Å². The van der Waals surface area contributed by atoms with Crippen LogP contribution in [-0.4, -0.2) is 51.6 Å². The van der Waals surface area contributed by atoms with Crippen molar-refractivity contribution < 1.29 is 14.7 Å². The van der Waals surface area contributed by atoms with E-state index in [9.17, 15) is 9.59 Å². The standard InChI is InChI=1S/C11H15N3O3S2/c1-7(9-13-8(6-19-9)10(15)16)12-11(17)14-2-4-18-5-3-14/h6-7H,2-5H2,1H3,(H,12,17)(H,15,16). The van der Waals surface area contributed by atoms with E-state index in [0.717, 1.165) is 24.6 Å². The average Bonchev–Trinajstić information content (AvgIpc) is 2.89. The molecule has 1 fully saturated rings. The number of thiazole rings is 1. The van der Waals surface area contributed by atoms with Crippen LogP contribution in [0.2, 0.25) is 0 Å². The van der Waals surface area contributed by atoms with Crippen molar-refractivity contribution in [3.63, 3.8) is 0 Å². The normalized spacial score (nSPS) is 17.0. The average molecular weight is 301 g/mol. The number of carbonyl (C=O) groups excluding carboxylic acids is 1. The van der Waals surface area contributed by atoms with Gasteiger partial charge in [-0.1, -0.05) is 0 Å². The number of aromatic nitrogens is 1. The van der Waals surface area contributed by atoms with Crippen LogP contribution in [0, 0.1) is 0 Å². The van der Waals surface area contributed by atoms with Crippen molar-refractivity contribution in [2.24, 2.45) is 0 Å². The maximum Gasteiger partial charge on any atom is 0.355 e. The molecule has 1 aliphatic rings. The van der Waals surface area contributed by atoms with Crippen molar-refractivity contribution in [3.05, 3.63) is 16.1 Å². The first-order chi connectivity index (χ1) is 9.08. The van der Waals surface area contributed by atoms with Gasteiger partial charge in [-0.2, -0.15) is 11.8 Å². The molecule has 1 atom stereocenters. The summed E-state index contributed by atoms with van der Waals surface area (Å²) < 4.78 is 0. The van der Waals surface area contributed by atoms with E-state index in [2.05, 4.69) is 10.3 Å². The van der Waals surface area contributed by atoms with Crippen LogP contribution in [0.3, 0.4) is 0 Å². The number of nitrogens with one attached hydrogen (secondary N) is 1. The first-order valence-corrected chi connectivity index (χ1v) is 7.93. The van der Waals surface area contributed by atoms with Crippen LogP contribution < -0.4 is 5.32 Å². The predicted octanol–water partition coefficient (Wildman–Crippen LogP) is 1.66. The molecule has 1 aromatic heterocycles. The Kier molecular flexibility index (Phi) is 4.65. The number of nitrogens with zero attached hydrogens (tertiary/aromatic N) is 2. The fraction of sp³-hybridized carbons (Fsp3) is 0.545. The van der Waals surface area contributed by atoms with E-state index in [1.54, 1.807) is 11.8 Å². The van der Waals surface area contributed by atoms with Crippen LogP contribution in [0.15, 0.2) is 5.38 Å². The summed E-state index contributed by atoms with van der Waals surface area (Å²) in [5.41, 5.74) is 0.0236. The molecular weight excluding hydrogens is 286 g/mol. The van der Waals surface area contributed by atoms with Gasteiger partial charge in [0.2, 0.25) is 0 Å². The molecule has 0 radical (unpaired) electrons. The van der Waals surface area contributed by atoms with Crippen LogP contribution in [0.1, 0.15) is 28.5 Å². The van der Waals surface area contributed by atoms with Crippen molar-refractivity contribution in [1.82, 2.24) is 15.2 Å². The molecule has 0 aromatic carbocycles. The number of aromatic carboxylic acids is 1. The van der Waals surface area contributed by atoms with Crippen molar-refractivity contribution in [3.8, 4) is 0 Å². The largest absolute Gasteiger partial charge is 0.476 e. The van der Waals surface area contributed by atoms with E-state index >= 15 is 0 Å². The Hall–Kier alpha value is -1.28. The van der Waals surface area contributed by atoms with E-state index in [0.29, 0.717) is 5.01 Å². The maximum absolute atomic E-state index is 12.0. The molecule has 8 heteroatoms. The molecule has 2 amide bonds. The summed E-state index contributed by atoms with van der Waals surface area (Å²) in [6.45, 7) is 3.31. The molecule has 1 aliphatic heterocycles. The van der Waals surface area contributed by atoms with Crippen molar-refractivity contribution >= 4 is 35.1 Å². The van der Waals surface area contributed by atoms with E-state index in [-0.39, 0.29) is 17.8 Å². The first kappa shape index (κ1) is 14.1. The van der Waals surface area contributed by atoms with E-state index in [4.69, 9.17) is 5.11 Å². The Morgan fingerprint density at radius 3 is 2.74 bits per heavy atom. The highest BCUT2D eigenvalue weighted by molar-refractivity contribution is 7.99. The number of amides is 2. The highest BCUT2D eigenvalue weighted by atomic mass is 32.2. The third kappa shape index (κ3) is 3.60. The Morgan fingerprint density at radius 2 is 2.16 bits per heavy atom. The van der Waals surface area contributed by atoms with Gasteiger partial charge in [-0.15, -0.1) is 11.3 Å². The zero-order valence-electron chi connectivity index (χ0n) is 10.5. The van der Waals surface area contributed by atoms with Crippen LogP contribution in [0.5, 0.6) is 0 Å². The lowest BCUT2D eigenvalue weighted by Gasteiger charge is -2.27. The van der Waals surface area contributed by atoms with Crippen molar-refractivity contribution in [2.75, 3.05) is 24.6 Å². The quantitative estimate of drug-likeness (QED) is 0.887. The topological polar surface area (TPSA) is 82.5 Å². The predicted molar refractivity (Wildman–Crippen MR) is 74.9 cm³/mol. The fourth-order valence-electron chi connectivity index (χ4n) is 1.69. The first-order valence-electron chi connectivity index (χ1n) is 5.90. The van der Waals surface area contributed by atoms with Gasteiger partial charge in [0, 0.05) is 30.0 Å². The molecule has 0 spiro atoms. The van der Waals surface area contributed by atoms with Gasteiger partial charge < -0.3 is 15.3 Å². The lowest BCUT2D eigenvalue weighted by Crippen LogP contribution is -2.45. The smallest absolute Gasteiger partial charge is 0.355 e. The van der Waals surface area contributed by atoms with Crippen molar-refractivity contribution in [2.45, 2.75) is 13.0 Å². The van der Waals surface area contributed by atoms with Crippen LogP contribution in [0.25, 0.3) is 0 Å². The number of carbonyl (C=O) groups is 2. The van der Waals surface area contributed by atoms with E-state index in [1.807, 2.05) is 11.8 Å². The van der Waals surface area contributed by atoms with E-state index in [1.165, 1.54) is 16.7 Å². The summed E-state index contributed by atoms with van der Waals surface area (Å²) in [4.78, 5) is 28.5. The van der Waals surface area contributed by atoms with Gasteiger partial charge in [0.25, 0.3) is 0 Å². The van der Waals surface area contributed by atoms with Crippen LogP contribution >= 0.6 is 23.1 Å². The Balaban J connectivity index is 1.93. The molecule has 0 bridgehead atoms. The van der Waals surface area contributed by atoms with Gasteiger partial charge in [-0.3, -0.25) is 0 Å². The number of urea groups is 1. The SMILES string of the molecule is CC(NC(=O)N1CCSCC1)c1nc(C(=O)O)cs1. The fourth-order valence-corrected chi connectivity index (χ4v) is 3.39. The summed E-state index contributed by atoms with van der Waals surface area (Å²) in [5.74, 6) is 0.874. The summed E-state index contributed by atoms with van der Waals surface area (Å²) in [7, 11) is 0. The lowest BCUT2D eigenvalue weighted by molar-refractivity contribution is 0.0691. The number of rotatable bonds is 3. The van der Waals surface area contributed by atoms with Gasteiger partial charge >= 0.3 is 12.0 Å². The number of carboxylic acids is 1. The second-order valence-corrected chi connectivity index (χ2v) is 6.26. The van der Waals surface area contributed by atoms with Gasteiger partial charge in [-0.05, 0) is 6.92 Å². The minimum absolute atomic E-state index is 0.0236. The highest BCUT2D eigenvalue weighted by Gasteiger charge is 2.20. The molecule has 104 valence electrons. The third-order valence-corrected chi connectivity index (χ3v) is 4.72. The number of carboxylic acid groups (broad SMARTS) is 1. The summed E-state index contributed by atoms with van der Waals surface area (Å²) >= 11 is 3.09. The molecular formula is C11H15N3O3S2. The number of hydrogen-bond donors (Lipinski definition) is 2. The Bertz CT molecular complexity index is 472. The summed E-state index contributed by atoms with van der Waals surface area (Å²) in [6.07, 6.45) is 0. The minimum Gasteiger partial charge on any atom is -0.476 e. The number of hydrogen-bond acceptors (Lipinski definition) is 5. The van der Waals surface area contributed by atoms with Gasteiger partial charge in [0.05, 0.1) is 6.04 Å². The Morgan fingerprint density at radius 1 is 1.47 bits per heavy atom. The molecule has 1 saturated heterocycles. The number of thioether (sulfide) groups is 1. The van der Waals surface area contributed by atoms with Gasteiger partial charge in [-0.25, -0.2) is 14.6 Å². The van der Waals surface area contributed by atoms with Gasteiger partial charge in [0.15, 0.2) is 5.69 Å². The van der Waals surface area contributed by atoms with Gasteiger partial charge in [0.1, 0.15) is 5.01 Å². The molecule has 1 aromatic rings. The molecule has 0 saturated carbocycles. The highest BCUT2D eigenvalue weighted by Crippen LogP contribution is 2.18. The monoisotopic (exact) mass is 301 g/mol. The second-order valence-electron chi connectivity index (χ2n) is 4.15. The zero-order chi connectivity index (χ0) is 13.8. The Labute approximate surface area is 119 Å². The third-order valence-electron chi connectivity index (χ3n) is 2.75. The molecule has 6 nitrogen and oxygen atoms in total. The molecule has 0 aliphatic carbocycles. The van der Waals surface area contributed by atoms with Crippen LogP contribution in [0.4, 0.5) is 4.79 Å². The lowest BCUT2D eigenvalue weighted by atomic mass is 10.3. The second kappa shape index (κ2) is 6.25. The molecule has 19 heavy (non-hydrogen) atoms. The summed E-state index contributed by atoms with van der Waals surface area (Å²) in [6, 6.07) is -0.389. The molecule has 1 unspecified atom stereocenters. The van der Waals surface area contributed by atoms with E-state index < -0.39 is 5.97 Å². The summed E-state index contributed by atoms with van der Waals surface area (Å²) in [5, 5.41) is 13.8. The minimum atomic E-state index is -1.05. The zero-order valence-corrected chi connectivity index (χ0v) is 12.1. The molecule has 2 rings (SSSR count). The maximum atomic E-state index is 12.0. The van der Waals surface area contributed by atoms with Crippen LogP contribution in [-0.2, 0) is 0 Å². The molecule has 2 heterocycles.